The minimum absolute atomic E-state index is 0.107. The number of aliphatic hydroxyl groups excluding tert-OH is 1. The number of morpholine rings is 1. The molecular weight excluding hydrogens is 306 g/mol. The van der Waals surface area contributed by atoms with Crippen molar-refractivity contribution in [3.05, 3.63) is 54.4 Å². The van der Waals surface area contributed by atoms with E-state index in [4.69, 9.17) is 9.47 Å². The summed E-state index contributed by atoms with van der Waals surface area (Å²) in [6.07, 6.45) is 3.33. The number of hydrogen-bond donors (Lipinski definition) is 1. The molecule has 0 bridgehead atoms. The van der Waals surface area contributed by atoms with Crippen molar-refractivity contribution in [1.29, 1.82) is 0 Å². The fourth-order valence-corrected chi connectivity index (χ4v) is 2.91. The number of ether oxygens (including phenoxy) is 2. The van der Waals surface area contributed by atoms with Crippen molar-refractivity contribution in [2.75, 3.05) is 32.8 Å². The second-order valence-corrected chi connectivity index (χ2v) is 6.14. The van der Waals surface area contributed by atoms with Gasteiger partial charge in [0.1, 0.15) is 0 Å². The van der Waals surface area contributed by atoms with E-state index in [1.807, 2.05) is 47.3 Å². The van der Waals surface area contributed by atoms with Crippen molar-refractivity contribution in [2.45, 2.75) is 25.4 Å². The number of rotatable bonds is 8. The molecule has 2 aromatic rings. The van der Waals surface area contributed by atoms with Gasteiger partial charge in [0.2, 0.25) is 0 Å². The van der Waals surface area contributed by atoms with E-state index in [0.717, 1.165) is 25.2 Å². The molecule has 1 aliphatic rings. The van der Waals surface area contributed by atoms with Gasteiger partial charge in [-0.15, -0.1) is 0 Å². The maximum atomic E-state index is 10.2. The van der Waals surface area contributed by atoms with Gasteiger partial charge < -0.3 is 14.6 Å². The van der Waals surface area contributed by atoms with Gasteiger partial charge in [-0.25, -0.2) is 0 Å². The lowest BCUT2D eigenvalue weighted by Gasteiger charge is -2.34. The third-order valence-electron chi connectivity index (χ3n) is 4.06. The van der Waals surface area contributed by atoms with E-state index in [-0.39, 0.29) is 6.10 Å². The highest BCUT2D eigenvalue weighted by molar-refractivity contribution is 5.13. The van der Waals surface area contributed by atoms with Crippen molar-refractivity contribution >= 4 is 0 Å². The minimum Gasteiger partial charge on any atom is -0.389 e. The first-order valence-corrected chi connectivity index (χ1v) is 8.41. The number of aliphatic hydroxyl groups is 1. The molecule has 0 aliphatic carbocycles. The second-order valence-electron chi connectivity index (χ2n) is 6.14. The van der Waals surface area contributed by atoms with E-state index in [2.05, 4.69) is 10.00 Å². The average molecular weight is 331 g/mol. The van der Waals surface area contributed by atoms with Gasteiger partial charge in [-0.2, -0.15) is 5.10 Å². The minimum atomic E-state index is -0.489. The van der Waals surface area contributed by atoms with E-state index in [1.165, 1.54) is 0 Å². The number of β-amino-alcohol motifs (C(OH)–C–C–N with tert-alkyl or cyclic N) is 1. The number of nitrogens with zero attached hydrogens (tertiary/aromatic N) is 3. The predicted octanol–water partition coefficient (Wildman–Crippen LogP) is 1.16. The molecule has 0 radical (unpaired) electrons. The third-order valence-corrected chi connectivity index (χ3v) is 4.06. The molecule has 1 N–H and O–H groups in total. The van der Waals surface area contributed by atoms with Crippen LogP contribution in [0.4, 0.5) is 0 Å². The summed E-state index contributed by atoms with van der Waals surface area (Å²) >= 11 is 0. The van der Waals surface area contributed by atoms with Crippen molar-refractivity contribution in [1.82, 2.24) is 14.7 Å². The maximum Gasteiger partial charge on any atom is 0.0900 e. The lowest BCUT2D eigenvalue weighted by atomic mass is 10.2. The highest BCUT2D eigenvalue weighted by atomic mass is 16.5. The zero-order chi connectivity index (χ0) is 16.6. The molecule has 2 unspecified atom stereocenters. The Morgan fingerprint density at radius 1 is 1.29 bits per heavy atom. The summed E-state index contributed by atoms with van der Waals surface area (Å²) in [6.45, 7) is 4.54. The van der Waals surface area contributed by atoms with Crippen LogP contribution in [0.3, 0.4) is 0 Å². The molecule has 0 saturated carbocycles. The summed E-state index contributed by atoms with van der Waals surface area (Å²) in [7, 11) is 0. The van der Waals surface area contributed by atoms with Crippen molar-refractivity contribution < 1.29 is 14.6 Å². The second kappa shape index (κ2) is 8.94. The summed E-state index contributed by atoms with van der Waals surface area (Å²) in [5.41, 5.74) is 1.12. The molecule has 1 fully saturated rings. The van der Waals surface area contributed by atoms with Gasteiger partial charge in [0.25, 0.3) is 0 Å². The zero-order valence-electron chi connectivity index (χ0n) is 13.8. The molecule has 130 valence electrons. The fraction of sp³-hybridized carbons (Fsp3) is 0.500. The van der Waals surface area contributed by atoms with Crippen LogP contribution in [0, 0.1) is 0 Å². The van der Waals surface area contributed by atoms with Gasteiger partial charge in [0, 0.05) is 32.0 Å². The van der Waals surface area contributed by atoms with Gasteiger partial charge in [-0.1, -0.05) is 30.3 Å². The molecule has 24 heavy (non-hydrogen) atoms. The lowest BCUT2D eigenvalue weighted by molar-refractivity contribution is -0.0583. The van der Waals surface area contributed by atoms with Crippen LogP contribution in [0.15, 0.2) is 48.8 Å². The maximum absolute atomic E-state index is 10.2. The summed E-state index contributed by atoms with van der Waals surface area (Å²) in [5.74, 6) is 0. The Balaban J connectivity index is 1.36. The first-order valence-electron chi connectivity index (χ1n) is 8.41. The van der Waals surface area contributed by atoms with Gasteiger partial charge in [0.15, 0.2) is 0 Å². The van der Waals surface area contributed by atoms with E-state index in [0.29, 0.717) is 26.4 Å². The normalized spacial score (nSPS) is 20.1. The van der Waals surface area contributed by atoms with Crippen LogP contribution in [0.25, 0.3) is 0 Å². The van der Waals surface area contributed by atoms with Crippen LogP contribution in [0.5, 0.6) is 0 Å². The zero-order valence-corrected chi connectivity index (χ0v) is 13.8. The van der Waals surface area contributed by atoms with Crippen molar-refractivity contribution in [2.24, 2.45) is 0 Å². The van der Waals surface area contributed by atoms with Gasteiger partial charge >= 0.3 is 0 Å². The molecular formula is C18H25N3O3. The van der Waals surface area contributed by atoms with Crippen molar-refractivity contribution in [3.8, 4) is 0 Å². The molecule has 0 spiro atoms. The Morgan fingerprint density at radius 3 is 2.96 bits per heavy atom. The van der Waals surface area contributed by atoms with Crippen LogP contribution < -0.4 is 0 Å². The molecule has 1 aromatic carbocycles. The number of benzene rings is 1. The van der Waals surface area contributed by atoms with Crippen LogP contribution >= 0.6 is 0 Å². The van der Waals surface area contributed by atoms with Crippen molar-refractivity contribution in [3.63, 3.8) is 0 Å². The Kier molecular flexibility index (Phi) is 6.37. The summed E-state index contributed by atoms with van der Waals surface area (Å²) < 4.78 is 13.3. The van der Waals surface area contributed by atoms with Gasteiger partial charge in [-0.3, -0.25) is 9.58 Å². The molecule has 1 saturated heterocycles. The van der Waals surface area contributed by atoms with E-state index >= 15 is 0 Å². The first-order chi connectivity index (χ1) is 11.8. The predicted molar refractivity (Wildman–Crippen MR) is 90.5 cm³/mol. The third kappa shape index (κ3) is 5.42. The lowest BCUT2D eigenvalue weighted by Crippen LogP contribution is -2.47. The van der Waals surface area contributed by atoms with E-state index < -0.39 is 6.10 Å². The molecule has 0 amide bonds. The van der Waals surface area contributed by atoms with Crippen LogP contribution in [0.1, 0.15) is 5.56 Å². The number of aromatic nitrogens is 2. The summed E-state index contributed by atoms with van der Waals surface area (Å²) in [5, 5.41) is 14.4. The fourth-order valence-electron chi connectivity index (χ4n) is 2.91. The largest absolute Gasteiger partial charge is 0.389 e. The monoisotopic (exact) mass is 331 g/mol. The van der Waals surface area contributed by atoms with Gasteiger partial charge in [-0.05, 0) is 11.6 Å². The number of hydrogen-bond acceptors (Lipinski definition) is 5. The molecule has 1 aromatic heterocycles. The highest BCUT2D eigenvalue weighted by Crippen LogP contribution is 2.09. The van der Waals surface area contributed by atoms with E-state index in [9.17, 15) is 5.11 Å². The molecule has 2 heterocycles. The Labute approximate surface area is 142 Å². The molecule has 6 heteroatoms. The molecule has 1 aliphatic heterocycles. The van der Waals surface area contributed by atoms with Gasteiger partial charge in [0.05, 0.1) is 38.6 Å². The Morgan fingerprint density at radius 2 is 2.17 bits per heavy atom. The SMILES string of the molecule is OC(COCc1ccccc1)CN1CCOC(Cn2cccn2)C1. The summed E-state index contributed by atoms with van der Waals surface area (Å²) in [6, 6.07) is 11.9. The van der Waals surface area contributed by atoms with Crippen LogP contribution in [-0.4, -0.2) is 64.8 Å². The standard InChI is InChI=1S/C18H25N3O3/c22-17(15-23-14-16-5-2-1-3-6-16)11-20-9-10-24-18(12-20)13-21-8-4-7-19-21/h1-8,17-18,22H,9-15H2. The van der Waals surface area contributed by atoms with E-state index in [1.54, 1.807) is 6.20 Å². The smallest absolute Gasteiger partial charge is 0.0900 e. The molecule has 2 atom stereocenters. The Bertz CT molecular complexity index is 576. The average Bonchev–Trinajstić information content (AvgIpc) is 3.09. The summed E-state index contributed by atoms with van der Waals surface area (Å²) in [4.78, 5) is 2.23. The van der Waals surface area contributed by atoms with Crippen LogP contribution in [-0.2, 0) is 22.6 Å². The molecule has 3 rings (SSSR count). The quantitative estimate of drug-likeness (QED) is 0.787. The van der Waals surface area contributed by atoms with Crippen LogP contribution in [0.2, 0.25) is 0 Å². The topological polar surface area (TPSA) is 59.8 Å². The molecule has 6 nitrogen and oxygen atoms in total. The highest BCUT2D eigenvalue weighted by Gasteiger charge is 2.22. The Hall–Kier alpha value is -1.73. The first kappa shape index (κ1) is 17.1.